The predicted molar refractivity (Wildman–Crippen MR) is 68.8 cm³/mol. The number of halogens is 1. The smallest absolute Gasteiger partial charge is 0.0814 e. The maximum atomic E-state index is 5.97. The Kier molecular flexibility index (Phi) is 4.13. The molecule has 0 spiro atoms. The van der Waals surface area contributed by atoms with Gasteiger partial charge in [0.2, 0.25) is 0 Å². The fraction of sp³-hybridized carbons (Fsp3) is 0.727. The monoisotopic (exact) mass is 246 g/mol. The van der Waals surface area contributed by atoms with Crippen LogP contribution in [0.4, 0.5) is 0 Å². The van der Waals surface area contributed by atoms with Crippen LogP contribution in [0, 0.1) is 18.3 Å². The van der Waals surface area contributed by atoms with Crippen LogP contribution in [-0.2, 0) is 6.54 Å². The van der Waals surface area contributed by atoms with Crippen LogP contribution in [-0.4, -0.2) is 15.5 Å². The second-order valence-corrected chi connectivity index (χ2v) is 5.78. The van der Waals surface area contributed by atoms with Gasteiger partial charge >= 0.3 is 0 Å². The molecule has 1 heterocycles. The van der Waals surface area contributed by atoms with E-state index in [1.807, 2.05) is 11.6 Å². The van der Waals surface area contributed by atoms with Gasteiger partial charge in [-0.3, -0.25) is 4.68 Å². The molecule has 0 amide bonds. The second kappa shape index (κ2) is 4.79. The Morgan fingerprint density at radius 2 is 2.13 bits per heavy atom. The van der Waals surface area contributed by atoms with Crippen LogP contribution in [0.15, 0.2) is 6.20 Å². The number of thiol groups is 1. The van der Waals surface area contributed by atoms with E-state index in [2.05, 4.69) is 38.5 Å². The van der Waals surface area contributed by atoms with Gasteiger partial charge in [-0.15, -0.1) is 0 Å². The molecule has 1 rings (SSSR count). The molecule has 1 atom stereocenters. The van der Waals surface area contributed by atoms with Crippen LogP contribution >= 0.6 is 24.2 Å². The second-order valence-electron chi connectivity index (χ2n) is 5.01. The summed E-state index contributed by atoms with van der Waals surface area (Å²) in [5.74, 6) is 1.36. The molecule has 0 bridgehead atoms. The van der Waals surface area contributed by atoms with Crippen LogP contribution in [0.3, 0.4) is 0 Å². The van der Waals surface area contributed by atoms with Gasteiger partial charge in [-0.1, -0.05) is 32.4 Å². The van der Waals surface area contributed by atoms with E-state index in [1.54, 1.807) is 6.20 Å². The Morgan fingerprint density at radius 3 is 2.47 bits per heavy atom. The highest BCUT2D eigenvalue weighted by molar-refractivity contribution is 7.80. The van der Waals surface area contributed by atoms with Gasteiger partial charge in [0.1, 0.15) is 0 Å². The third-order valence-electron chi connectivity index (χ3n) is 2.88. The van der Waals surface area contributed by atoms with Crippen molar-refractivity contribution < 1.29 is 0 Å². The topological polar surface area (TPSA) is 17.8 Å². The van der Waals surface area contributed by atoms with Crippen LogP contribution in [0.2, 0.25) is 5.02 Å². The SMILES string of the molecule is Cc1c(Cl)cnn1CC(CS)C(C)(C)C. The zero-order valence-electron chi connectivity index (χ0n) is 9.79. The molecule has 0 N–H and O–H groups in total. The standard InChI is InChI=1S/C11H19ClN2S/c1-8-10(12)5-13-14(8)6-9(7-15)11(2,3)4/h5,9,15H,6-7H2,1-4H3. The van der Waals surface area contributed by atoms with Gasteiger partial charge in [-0.2, -0.15) is 17.7 Å². The molecule has 0 fully saturated rings. The van der Waals surface area contributed by atoms with Crippen molar-refractivity contribution in [3.05, 3.63) is 16.9 Å². The minimum atomic E-state index is 0.243. The normalized spacial score (nSPS) is 14.3. The molecule has 0 aliphatic heterocycles. The summed E-state index contributed by atoms with van der Waals surface area (Å²) in [5, 5.41) is 5.01. The van der Waals surface area contributed by atoms with Crippen molar-refractivity contribution >= 4 is 24.2 Å². The lowest BCUT2D eigenvalue weighted by Crippen LogP contribution is -2.27. The first kappa shape index (κ1) is 12.9. The Labute approximate surface area is 102 Å². The summed E-state index contributed by atoms with van der Waals surface area (Å²) in [6.07, 6.45) is 1.70. The molecule has 0 aliphatic rings. The van der Waals surface area contributed by atoms with Gasteiger partial charge in [0, 0.05) is 6.54 Å². The molecule has 0 radical (unpaired) electrons. The average molecular weight is 247 g/mol. The summed E-state index contributed by atoms with van der Waals surface area (Å²) in [6.45, 7) is 9.57. The third kappa shape index (κ3) is 3.15. The lowest BCUT2D eigenvalue weighted by atomic mass is 9.82. The first-order valence-corrected chi connectivity index (χ1v) is 6.16. The Balaban J connectivity index is 2.80. The Hall–Kier alpha value is -0.150. The molecule has 86 valence electrons. The van der Waals surface area contributed by atoms with Crippen LogP contribution < -0.4 is 0 Å². The van der Waals surface area contributed by atoms with Gasteiger partial charge in [0.25, 0.3) is 0 Å². The van der Waals surface area contributed by atoms with Crippen molar-refractivity contribution in [1.29, 1.82) is 0 Å². The number of aromatic nitrogens is 2. The molecular formula is C11H19ClN2S. The molecular weight excluding hydrogens is 228 g/mol. The van der Waals surface area contributed by atoms with E-state index in [1.165, 1.54) is 0 Å². The summed E-state index contributed by atoms with van der Waals surface area (Å²) in [5.41, 5.74) is 1.28. The van der Waals surface area contributed by atoms with E-state index in [-0.39, 0.29) is 5.41 Å². The van der Waals surface area contributed by atoms with Crippen molar-refractivity contribution in [2.45, 2.75) is 34.2 Å². The van der Waals surface area contributed by atoms with Gasteiger partial charge in [-0.05, 0) is 24.0 Å². The van der Waals surface area contributed by atoms with Crippen molar-refractivity contribution in [3.8, 4) is 0 Å². The Bertz CT molecular complexity index is 328. The van der Waals surface area contributed by atoms with Crippen LogP contribution in [0.1, 0.15) is 26.5 Å². The third-order valence-corrected chi connectivity index (χ3v) is 3.69. The van der Waals surface area contributed by atoms with Gasteiger partial charge in [0.15, 0.2) is 0 Å². The summed E-state index contributed by atoms with van der Waals surface area (Å²) >= 11 is 10.4. The lowest BCUT2D eigenvalue weighted by Gasteiger charge is -2.29. The fourth-order valence-corrected chi connectivity index (χ4v) is 2.23. The molecule has 0 saturated heterocycles. The van der Waals surface area contributed by atoms with Crippen molar-refractivity contribution in [3.63, 3.8) is 0 Å². The van der Waals surface area contributed by atoms with E-state index < -0.39 is 0 Å². The Morgan fingerprint density at radius 1 is 1.53 bits per heavy atom. The molecule has 0 aliphatic carbocycles. The molecule has 1 unspecified atom stereocenters. The molecule has 4 heteroatoms. The first-order valence-electron chi connectivity index (χ1n) is 5.15. The van der Waals surface area contributed by atoms with Crippen molar-refractivity contribution in [2.24, 2.45) is 11.3 Å². The minimum absolute atomic E-state index is 0.243. The zero-order chi connectivity index (χ0) is 11.6. The summed E-state index contributed by atoms with van der Waals surface area (Å²) in [6, 6.07) is 0. The van der Waals surface area contributed by atoms with E-state index in [4.69, 9.17) is 11.6 Å². The first-order chi connectivity index (χ1) is 6.86. The number of hydrogen-bond donors (Lipinski definition) is 1. The highest BCUT2D eigenvalue weighted by Gasteiger charge is 2.24. The highest BCUT2D eigenvalue weighted by atomic mass is 35.5. The van der Waals surface area contributed by atoms with E-state index in [9.17, 15) is 0 Å². The lowest BCUT2D eigenvalue weighted by molar-refractivity contribution is 0.230. The van der Waals surface area contributed by atoms with Crippen molar-refractivity contribution in [2.75, 3.05) is 5.75 Å². The van der Waals surface area contributed by atoms with Gasteiger partial charge < -0.3 is 0 Å². The largest absolute Gasteiger partial charge is 0.268 e. The number of nitrogens with zero attached hydrogens (tertiary/aromatic N) is 2. The van der Waals surface area contributed by atoms with Crippen molar-refractivity contribution in [1.82, 2.24) is 9.78 Å². The van der Waals surface area contributed by atoms with Crippen LogP contribution in [0.5, 0.6) is 0 Å². The maximum absolute atomic E-state index is 5.97. The zero-order valence-corrected chi connectivity index (χ0v) is 11.4. The van der Waals surface area contributed by atoms with Gasteiger partial charge in [-0.25, -0.2) is 0 Å². The van der Waals surface area contributed by atoms with Gasteiger partial charge in [0.05, 0.1) is 16.9 Å². The molecule has 0 aromatic carbocycles. The van der Waals surface area contributed by atoms with Crippen LogP contribution in [0.25, 0.3) is 0 Å². The molecule has 1 aromatic heterocycles. The molecule has 15 heavy (non-hydrogen) atoms. The summed E-state index contributed by atoms with van der Waals surface area (Å²) in [7, 11) is 0. The molecule has 2 nitrogen and oxygen atoms in total. The minimum Gasteiger partial charge on any atom is -0.268 e. The average Bonchev–Trinajstić information content (AvgIpc) is 2.43. The summed E-state index contributed by atoms with van der Waals surface area (Å²) in [4.78, 5) is 0. The predicted octanol–water partition coefficient (Wildman–Crippen LogP) is 3.44. The molecule has 1 aromatic rings. The fourth-order valence-electron chi connectivity index (χ4n) is 1.42. The molecule has 0 saturated carbocycles. The highest BCUT2D eigenvalue weighted by Crippen LogP contribution is 2.29. The summed E-state index contributed by atoms with van der Waals surface area (Å²) < 4.78 is 1.97. The van der Waals surface area contributed by atoms with E-state index in [0.29, 0.717) is 5.92 Å². The van der Waals surface area contributed by atoms with E-state index >= 15 is 0 Å². The van der Waals surface area contributed by atoms with E-state index in [0.717, 1.165) is 23.0 Å². The number of rotatable bonds is 3. The quantitative estimate of drug-likeness (QED) is 0.809. The maximum Gasteiger partial charge on any atom is 0.0814 e. The number of hydrogen-bond acceptors (Lipinski definition) is 2.